The molecule has 0 aliphatic carbocycles. The minimum atomic E-state index is -0.498. The summed E-state index contributed by atoms with van der Waals surface area (Å²) in [6.07, 6.45) is 0.102. The number of piperazine rings is 1. The van der Waals surface area contributed by atoms with Crippen LogP contribution in [0.15, 0.2) is 24.3 Å². The van der Waals surface area contributed by atoms with Crippen LogP contribution in [0, 0.1) is 5.41 Å². The summed E-state index contributed by atoms with van der Waals surface area (Å²) in [4.78, 5) is 26.7. The van der Waals surface area contributed by atoms with Crippen molar-refractivity contribution < 1.29 is 19.4 Å². The van der Waals surface area contributed by atoms with E-state index in [1.54, 1.807) is 0 Å². The summed E-state index contributed by atoms with van der Waals surface area (Å²) in [7, 11) is 0. The number of ether oxygens (including phenoxy) is 1. The lowest BCUT2D eigenvalue weighted by Crippen LogP contribution is -2.56. The quantitative estimate of drug-likeness (QED) is 0.595. The van der Waals surface area contributed by atoms with Gasteiger partial charge < -0.3 is 20.5 Å². The predicted octanol–water partition coefficient (Wildman–Crippen LogP) is 0.911. The molecule has 1 aliphatic heterocycles. The fraction of sp³-hybridized carbons (Fsp3) is 0.600. The van der Waals surface area contributed by atoms with Crippen LogP contribution in [-0.4, -0.2) is 60.7 Å². The van der Waals surface area contributed by atoms with E-state index in [9.17, 15) is 14.7 Å². The van der Waals surface area contributed by atoms with Crippen LogP contribution in [0.4, 0.5) is 0 Å². The van der Waals surface area contributed by atoms with Crippen LogP contribution in [0.1, 0.15) is 32.8 Å². The Balaban J connectivity index is 1.97. The third-order valence-electron chi connectivity index (χ3n) is 4.63. The van der Waals surface area contributed by atoms with Gasteiger partial charge in [0.1, 0.15) is 5.75 Å². The van der Waals surface area contributed by atoms with Gasteiger partial charge in [-0.3, -0.25) is 14.5 Å². The third-order valence-corrected chi connectivity index (χ3v) is 4.63. The number of benzene rings is 1. The van der Waals surface area contributed by atoms with E-state index >= 15 is 0 Å². The zero-order valence-corrected chi connectivity index (χ0v) is 16.5. The summed E-state index contributed by atoms with van der Waals surface area (Å²) in [5, 5.41) is 15.0. The first-order chi connectivity index (χ1) is 12.8. The Hall–Kier alpha value is -2.12. The summed E-state index contributed by atoms with van der Waals surface area (Å²) in [6.45, 7) is 8.53. The molecule has 0 bridgehead atoms. The molecule has 27 heavy (non-hydrogen) atoms. The average molecular weight is 377 g/mol. The second-order valence-electron chi connectivity index (χ2n) is 7.66. The maximum Gasteiger partial charge on any atom is 0.237 e. The number of aliphatic hydroxyl groups is 1. The van der Waals surface area contributed by atoms with Gasteiger partial charge in [0.25, 0.3) is 0 Å². The molecular weight excluding hydrogens is 346 g/mol. The van der Waals surface area contributed by atoms with E-state index in [4.69, 9.17) is 4.74 Å². The highest BCUT2D eigenvalue weighted by atomic mass is 16.5. The fourth-order valence-electron chi connectivity index (χ4n) is 2.91. The molecule has 0 radical (unpaired) electrons. The highest BCUT2D eigenvalue weighted by Crippen LogP contribution is 2.18. The molecule has 1 atom stereocenters. The average Bonchev–Trinajstić information content (AvgIpc) is 2.65. The van der Waals surface area contributed by atoms with Crippen LogP contribution >= 0.6 is 0 Å². The molecule has 0 saturated carbocycles. The largest absolute Gasteiger partial charge is 0.494 e. The van der Waals surface area contributed by atoms with Gasteiger partial charge in [-0.2, -0.15) is 0 Å². The number of carbonyl (C=O) groups excluding carboxylic acids is 2. The van der Waals surface area contributed by atoms with Crippen molar-refractivity contribution >= 4 is 11.8 Å². The molecule has 1 fully saturated rings. The van der Waals surface area contributed by atoms with Gasteiger partial charge >= 0.3 is 0 Å². The molecule has 1 aromatic rings. The van der Waals surface area contributed by atoms with Crippen molar-refractivity contribution in [2.45, 2.75) is 39.8 Å². The van der Waals surface area contributed by atoms with E-state index in [2.05, 4.69) is 10.6 Å². The lowest BCUT2D eigenvalue weighted by atomic mass is 9.95. The first-order valence-electron chi connectivity index (χ1n) is 9.45. The van der Waals surface area contributed by atoms with Crippen molar-refractivity contribution in [1.29, 1.82) is 0 Å². The number of amides is 2. The molecular formula is C20H31N3O4. The molecule has 150 valence electrons. The van der Waals surface area contributed by atoms with Gasteiger partial charge in [0.2, 0.25) is 11.8 Å². The monoisotopic (exact) mass is 377 g/mol. The Kier molecular flexibility index (Phi) is 7.62. The molecule has 1 heterocycles. The Morgan fingerprint density at radius 1 is 1.37 bits per heavy atom. The lowest BCUT2D eigenvalue weighted by molar-refractivity contribution is -0.134. The second-order valence-corrected chi connectivity index (χ2v) is 7.66. The van der Waals surface area contributed by atoms with Gasteiger partial charge in [-0.05, 0) is 24.6 Å². The predicted molar refractivity (Wildman–Crippen MR) is 103 cm³/mol. The Morgan fingerprint density at radius 3 is 2.70 bits per heavy atom. The number of aliphatic hydroxyl groups excluding tert-OH is 1. The summed E-state index contributed by atoms with van der Waals surface area (Å²) < 4.78 is 5.46. The van der Waals surface area contributed by atoms with E-state index in [0.29, 0.717) is 32.8 Å². The summed E-state index contributed by atoms with van der Waals surface area (Å²) >= 11 is 0. The highest BCUT2D eigenvalue weighted by molar-refractivity contribution is 5.88. The van der Waals surface area contributed by atoms with Gasteiger partial charge in [0, 0.05) is 38.2 Å². The Bertz CT molecular complexity index is 631. The number of carbonyl (C=O) groups is 2. The van der Waals surface area contributed by atoms with Crippen LogP contribution in [0.5, 0.6) is 5.75 Å². The smallest absolute Gasteiger partial charge is 0.237 e. The van der Waals surface area contributed by atoms with Gasteiger partial charge in [0.15, 0.2) is 0 Å². The van der Waals surface area contributed by atoms with Crippen molar-refractivity contribution in [2.24, 2.45) is 5.41 Å². The van der Waals surface area contributed by atoms with E-state index in [1.165, 1.54) is 0 Å². The SMILES string of the molecule is CCOc1ccc(CN2CCNC(=O)C2CC(=O)NCC(C)(C)CO)cc1. The molecule has 1 unspecified atom stereocenters. The number of rotatable bonds is 9. The molecule has 2 amide bonds. The Labute approximate surface area is 161 Å². The van der Waals surface area contributed by atoms with E-state index in [0.717, 1.165) is 11.3 Å². The Morgan fingerprint density at radius 2 is 2.07 bits per heavy atom. The third kappa shape index (κ3) is 6.52. The van der Waals surface area contributed by atoms with Crippen molar-refractivity contribution in [1.82, 2.24) is 15.5 Å². The number of nitrogens with zero attached hydrogens (tertiary/aromatic N) is 1. The van der Waals surface area contributed by atoms with E-state index < -0.39 is 6.04 Å². The van der Waals surface area contributed by atoms with Gasteiger partial charge in [-0.25, -0.2) is 0 Å². The molecule has 1 aliphatic rings. The summed E-state index contributed by atoms with van der Waals surface area (Å²) in [5.41, 5.74) is 0.687. The normalized spacial score (nSPS) is 18.1. The van der Waals surface area contributed by atoms with Crippen LogP contribution in [-0.2, 0) is 16.1 Å². The minimum Gasteiger partial charge on any atom is -0.494 e. The standard InChI is InChI=1S/C20H31N3O4/c1-4-27-16-7-5-15(6-8-16)12-23-10-9-21-19(26)17(23)11-18(25)22-13-20(2,3)14-24/h5-8,17,24H,4,9-14H2,1-3H3,(H,21,26)(H,22,25). The number of hydrogen-bond donors (Lipinski definition) is 3. The first-order valence-corrected chi connectivity index (χ1v) is 9.45. The van der Waals surface area contributed by atoms with E-state index in [-0.39, 0.29) is 30.3 Å². The van der Waals surface area contributed by atoms with Crippen LogP contribution in [0.25, 0.3) is 0 Å². The van der Waals surface area contributed by atoms with Crippen LogP contribution in [0.3, 0.4) is 0 Å². The molecule has 1 saturated heterocycles. The summed E-state index contributed by atoms with van der Waals surface area (Å²) in [5.74, 6) is 0.513. The fourth-order valence-corrected chi connectivity index (χ4v) is 2.91. The molecule has 1 aromatic carbocycles. The van der Waals surface area contributed by atoms with E-state index in [1.807, 2.05) is 49.9 Å². The molecule has 7 heteroatoms. The molecule has 7 nitrogen and oxygen atoms in total. The zero-order valence-electron chi connectivity index (χ0n) is 16.5. The summed E-state index contributed by atoms with van der Waals surface area (Å²) in [6, 6.07) is 7.31. The van der Waals surface area contributed by atoms with Gasteiger partial charge in [-0.15, -0.1) is 0 Å². The molecule has 3 N–H and O–H groups in total. The minimum absolute atomic E-state index is 0.0128. The maximum atomic E-state index is 12.3. The van der Waals surface area contributed by atoms with Crippen LogP contribution < -0.4 is 15.4 Å². The maximum absolute atomic E-state index is 12.3. The van der Waals surface area contributed by atoms with Gasteiger partial charge in [0.05, 0.1) is 19.1 Å². The van der Waals surface area contributed by atoms with Gasteiger partial charge in [-0.1, -0.05) is 26.0 Å². The lowest BCUT2D eigenvalue weighted by Gasteiger charge is -2.35. The molecule has 2 rings (SSSR count). The number of nitrogens with one attached hydrogen (secondary N) is 2. The first kappa shape index (κ1) is 21.2. The zero-order chi connectivity index (χ0) is 19.9. The topological polar surface area (TPSA) is 90.9 Å². The molecule has 0 aromatic heterocycles. The van der Waals surface area contributed by atoms with Crippen molar-refractivity contribution in [2.75, 3.05) is 32.8 Å². The highest BCUT2D eigenvalue weighted by Gasteiger charge is 2.32. The molecule has 0 spiro atoms. The van der Waals surface area contributed by atoms with Crippen molar-refractivity contribution in [3.05, 3.63) is 29.8 Å². The number of hydrogen-bond acceptors (Lipinski definition) is 5. The van der Waals surface area contributed by atoms with Crippen LogP contribution in [0.2, 0.25) is 0 Å². The van der Waals surface area contributed by atoms with Crippen molar-refractivity contribution in [3.63, 3.8) is 0 Å². The second kappa shape index (κ2) is 9.71. The van der Waals surface area contributed by atoms with Crippen molar-refractivity contribution in [3.8, 4) is 5.75 Å².